The van der Waals surface area contributed by atoms with Crippen molar-refractivity contribution in [1.29, 1.82) is 0 Å². The van der Waals surface area contributed by atoms with Crippen molar-refractivity contribution >= 4 is 43.9 Å². The van der Waals surface area contributed by atoms with Crippen molar-refractivity contribution < 1.29 is 21.6 Å². The molecule has 0 bridgehead atoms. The molecule has 0 saturated carbocycles. The molecule has 8 nitrogen and oxygen atoms in total. The van der Waals surface area contributed by atoms with E-state index in [1.165, 1.54) is 6.07 Å². The number of carbonyl (C=O) groups is 1. The minimum absolute atomic E-state index is 0. The van der Waals surface area contributed by atoms with Gasteiger partial charge in [-0.1, -0.05) is 13.3 Å². The van der Waals surface area contributed by atoms with Crippen molar-refractivity contribution in [3.63, 3.8) is 0 Å². The summed E-state index contributed by atoms with van der Waals surface area (Å²) < 4.78 is 48.4. The summed E-state index contributed by atoms with van der Waals surface area (Å²) in [5.41, 5.74) is 10.1. The van der Waals surface area contributed by atoms with E-state index in [1.807, 2.05) is 6.92 Å². The molecule has 24 heavy (non-hydrogen) atoms. The van der Waals surface area contributed by atoms with Crippen LogP contribution in [0.2, 0.25) is 0 Å². The van der Waals surface area contributed by atoms with Gasteiger partial charge < -0.3 is 11.5 Å². The summed E-state index contributed by atoms with van der Waals surface area (Å²) in [5.74, 6) is -1.50. The van der Waals surface area contributed by atoms with Gasteiger partial charge in [0.1, 0.15) is 0 Å². The predicted molar refractivity (Wildman–Crippen MR) is 93.9 cm³/mol. The summed E-state index contributed by atoms with van der Waals surface area (Å²) in [4.78, 5) is 14.3. The minimum atomic E-state index is -3.87. The van der Waals surface area contributed by atoms with E-state index >= 15 is 0 Å². The van der Waals surface area contributed by atoms with Gasteiger partial charge in [-0.3, -0.25) is 4.79 Å². The molecule has 0 aliphatic carbocycles. The molecule has 0 radical (unpaired) electrons. The van der Waals surface area contributed by atoms with Gasteiger partial charge in [-0.15, -0.1) is 12.4 Å². The maximum Gasteiger partial charge on any atom is 0.280 e. The molecule has 1 aromatic carbocycles. The number of aliphatic imine (C=N–C) groups is 1. The summed E-state index contributed by atoms with van der Waals surface area (Å²) >= 11 is 0. The number of hydrogen-bond acceptors (Lipinski definition) is 5. The van der Waals surface area contributed by atoms with E-state index < -0.39 is 36.4 Å². The second kappa shape index (κ2) is 8.45. The highest BCUT2D eigenvalue weighted by atomic mass is 35.5. The third kappa shape index (κ3) is 5.77. The molecule has 0 fully saturated rings. The number of benzene rings is 1. The largest absolute Gasteiger partial charge is 0.370 e. The van der Waals surface area contributed by atoms with Crippen LogP contribution in [0.4, 0.5) is 0 Å². The zero-order valence-corrected chi connectivity index (χ0v) is 15.7. The van der Waals surface area contributed by atoms with E-state index in [0.717, 1.165) is 18.4 Å². The summed E-state index contributed by atoms with van der Waals surface area (Å²) in [5, 5.41) is 0. The highest BCUT2D eigenvalue weighted by molar-refractivity contribution is 7.94. The van der Waals surface area contributed by atoms with Crippen LogP contribution in [-0.4, -0.2) is 40.7 Å². The number of halogens is 1. The Hall–Kier alpha value is -1.65. The van der Waals surface area contributed by atoms with E-state index in [2.05, 4.69) is 4.99 Å². The van der Waals surface area contributed by atoms with Crippen LogP contribution in [0.15, 0.2) is 33.0 Å². The van der Waals surface area contributed by atoms with E-state index in [-0.39, 0.29) is 28.6 Å². The Bertz CT molecular complexity index is 844. The van der Waals surface area contributed by atoms with E-state index in [4.69, 9.17) is 11.5 Å². The molecule has 0 spiro atoms. The third-order valence-electron chi connectivity index (χ3n) is 2.92. The van der Waals surface area contributed by atoms with Gasteiger partial charge in [-0.2, -0.15) is 4.99 Å². The van der Waals surface area contributed by atoms with Crippen molar-refractivity contribution in [2.75, 3.05) is 12.0 Å². The number of nitrogens with two attached hydrogens (primary N) is 2. The molecule has 0 heterocycles. The summed E-state index contributed by atoms with van der Waals surface area (Å²) in [7, 11) is -7.65. The third-order valence-corrected chi connectivity index (χ3v) is 6.04. The molecule has 136 valence electrons. The standard InChI is InChI=1S/C13H19N3O5S2.ClH/c1-3-4-7-23(20,21)10-6-5-9(12(17)16-13(14)15)8-11(10)22(2,18)19;/h5-6,8H,3-4,7H2,1-2H3,(H4,14,15,16,17);1H. The number of hydrogen-bond donors (Lipinski definition) is 2. The highest BCUT2D eigenvalue weighted by Gasteiger charge is 2.25. The molecule has 11 heteroatoms. The van der Waals surface area contributed by atoms with Gasteiger partial charge in [-0.25, -0.2) is 16.8 Å². The number of guanidine groups is 1. The predicted octanol–water partition coefficient (Wildman–Crippen LogP) is 0.499. The molecular weight excluding hydrogens is 378 g/mol. The van der Waals surface area contributed by atoms with Crippen LogP contribution >= 0.6 is 12.4 Å². The van der Waals surface area contributed by atoms with Crippen LogP contribution in [0.1, 0.15) is 30.1 Å². The number of carbonyl (C=O) groups excluding carboxylic acids is 1. The zero-order chi connectivity index (χ0) is 17.8. The van der Waals surface area contributed by atoms with Crippen molar-refractivity contribution in [3.8, 4) is 0 Å². The molecule has 0 atom stereocenters. The molecule has 1 amide bonds. The fraction of sp³-hybridized carbons (Fsp3) is 0.385. The number of rotatable bonds is 6. The second-order valence-electron chi connectivity index (χ2n) is 4.95. The van der Waals surface area contributed by atoms with E-state index in [0.29, 0.717) is 12.8 Å². The number of unbranched alkanes of at least 4 members (excludes halogenated alkanes) is 1. The van der Waals surface area contributed by atoms with Crippen molar-refractivity contribution in [2.45, 2.75) is 29.6 Å². The van der Waals surface area contributed by atoms with Crippen molar-refractivity contribution in [3.05, 3.63) is 23.8 Å². The minimum Gasteiger partial charge on any atom is -0.370 e. The summed E-state index contributed by atoms with van der Waals surface area (Å²) in [6, 6.07) is 3.25. The van der Waals surface area contributed by atoms with Crippen LogP contribution in [0, 0.1) is 0 Å². The molecule has 1 aromatic rings. The van der Waals surface area contributed by atoms with Crippen LogP contribution in [-0.2, 0) is 19.7 Å². The zero-order valence-electron chi connectivity index (χ0n) is 13.2. The molecule has 0 unspecified atom stereocenters. The van der Waals surface area contributed by atoms with Crippen molar-refractivity contribution in [2.24, 2.45) is 16.5 Å². The van der Waals surface area contributed by atoms with E-state index in [9.17, 15) is 21.6 Å². The van der Waals surface area contributed by atoms with Gasteiger partial charge in [0.15, 0.2) is 25.6 Å². The van der Waals surface area contributed by atoms with Crippen LogP contribution in [0.5, 0.6) is 0 Å². The first-order valence-corrected chi connectivity index (χ1v) is 10.2. The van der Waals surface area contributed by atoms with Crippen LogP contribution in [0.25, 0.3) is 0 Å². The lowest BCUT2D eigenvalue weighted by atomic mass is 10.2. The van der Waals surface area contributed by atoms with Gasteiger partial charge in [0.2, 0.25) is 0 Å². The van der Waals surface area contributed by atoms with Gasteiger partial charge in [0.25, 0.3) is 5.91 Å². The van der Waals surface area contributed by atoms with Gasteiger partial charge in [0.05, 0.1) is 15.5 Å². The normalized spacial score (nSPS) is 11.4. The molecule has 0 aliphatic rings. The molecule has 0 aliphatic heterocycles. The highest BCUT2D eigenvalue weighted by Crippen LogP contribution is 2.24. The number of amides is 1. The van der Waals surface area contributed by atoms with Gasteiger partial charge in [-0.05, 0) is 24.6 Å². The lowest BCUT2D eigenvalue weighted by Gasteiger charge is -2.10. The first kappa shape index (κ1) is 22.4. The first-order valence-electron chi connectivity index (χ1n) is 6.70. The SMILES string of the molecule is CCCCS(=O)(=O)c1ccc(C(=O)N=C(N)N)cc1S(C)(=O)=O.Cl. The maximum atomic E-state index is 12.3. The molecule has 0 aromatic heterocycles. The number of sulfone groups is 2. The fourth-order valence-corrected chi connectivity index (χ4v) is 4.95. The first-order chi connectivity index (χ1) is 10.5. The topological polar surface area (TPSA) is 150 Å². The Labute approximate surface area is 147 Å². The Morgan fingerprint density at radius 3 is 2.17 bits per heavy atom. The Kier molecular flexibility index (Phi) is 7.87. The molecule has 1 rings (SSSR count). The molecular formula is C13H20ClN3O5S2. The van der Waals surface area contributed by atoms with E-state index in [1.54, 1.807) is 0 Å². The Morgan fingerprint density at radius 2 is 1.71 bits per heavy atom. The quantitative estimate of drug-likeness (QED) is 0.523. The molecule has 0 saturated heterocycles. The van der Waals surface area contributed by atoms with Crippen LogP contribution < -0.4 is 11.5 Å². The van der Waals surface area contributed by atoms with Crippen molar-refractivity contribution in [1.82, 2.24) is 0 Å². The second-order valence-corrected chi connectivity index (χ2v) is 9.01. The smallest absolute Gasteiger partial charge is 0.280 e. The van der Waals surface area contributed by atoms with Crippen LogP contribution in [0.3, 0.4) is 0 Å². The fourth-order valence-electron chi connectivity index (χ4n) is 1.81. The van der Waals surface area contributed by atoms with Gasteiger partial charge in [0, 0.05) is 11.8 Å². The monoisotopic (exact) mass is 397 g/mol. The summed E-state index contributed by atoms with van der Waals surface area (Å²) in [6.07, 6.45) is 1.92. The number of nitrogens with zero attached hydrogens (tertiary/aromatic N) is 1. The van der Waals surface area contributed by atoms with Gasteiger partial charge >= 0.3 is 0 Å². The Morgan fingerprint density at radius 1 is 1.12 bits per heavy atom. The average Bonchev–Trinajstić information content (AvgIpc) is 2.43. The maximum absolute atomic E-state index is 12.3. The average molecular weight is 398 g/mol. The molecule has 4 N–H and O–H groups in total. The summed E-state index contributed by atoms with van der Waals surface area (Å²) in [6.45, 7) is 1.82. The Balaban J connectivity index is 0.00000529. The lowest BCUT2D eigenvalue weighted by Crippen LogP contribution is -2.24. The lowest BCUT2D eigenvalue weighted by molar-refractivity contribution is 0.100.